The Kier molecular flexibility index (Phi) is 4.54. The summed E-state index contributed by atoms with van der Waals surface area (Å²) in [4.78, 5) is 20.8. The lowest BCUT2D eigenvalue weighted by molar-refractivity contribution is 0.196. The van der Waals surface area contributed by atoms with Crippen LogP contribution in [0.3, 0.4) is 0 Å². The molecule has 29 heavy (non-hydrogen) atoms. The van der Waals surface area contributed by atoms with Crippen LogP contribution in [0.15, 0.2) is 29.3 Å². The Morgan fingerprint density at radius 2 is 2.03 bits per heavy atom. The maximum absolute atomic E-state index is 12.0. The second-order valence-corrected chi connectivity index (χ2v) is 8.25. The van der Waals surface area contributed by atoms with Crippen LogP contribution in [0.25, 0.3) is 5.65 Å². The van der Waals surface area contributed by atoms with E-state index in [0.717, 1.165) is 42.6 Å². The van der Waals surface area contributed by atoms with Crippen LogP contribution < -0.4 is 10.5 Å². The third-order valence-corrected chi connectivity index (χ3v) is 6.26. The van der Waals surface area contributed by atoms with E-state index in [1.165, 1.54) is 19.3 Å². The highest BCUT2D eigenvalue weighted by Crippen LogP contribution is 2.35. The minimum atomic E-state index is 0.00912. The molecule has 3 aromatic rings. The quantitative estimate of drug-likeness (QED) is 0.618. The summed E-state index contributed by atoms with van der Waals surface area (Å²) in [5, 5.41) is 13.4. The molecule has 0 N–H and O–H groups in total. The Bertz CT molecular complexity index is 1080. The first-order valence-electron chi connectivity index (χ1n) is 10.3. The summed E-state index contributed by atoms with van der Waals surface area (Å²) in [5.41, 5.74) is 1.59. The van der Waals surface area contributed by atoms with Crippen LogP contribution in [0.5, 0.6) is 0 Å². The van der Waals surface area contributed by atoms with Crippen molar-refractivity contribution in [3.8, 4) is 0 Å². The number of fused-ring (bicyclic) bond motifs is 1. The lowest BCUT2D eigenvalue weighted by Gasteiger charge is -2.44. The Labute approximate surface area is 169 Å². The zero-order valence-corrected chi connectivity index (χ0v) is 16.9. The number of rotatable bonds is 6. The van der Waals surface area contributed by atoms with Crippen molar-refractivity contribution in [2.45, 2.75) is 44.7 Å². The number of hydrogen-bond donors (Lipinski definition) is 0. The summed E-state index contributed by atoms with van der Waals surface area (Å²) >= 11 is 0. The fourth-order valence-corrected chi connectivity index (χ4v) is 3.94. The van der Waals surface area contributed by atoms with Gasteiger partial charge < -0.3 is 4.90 Å². The minimum absolute atomic E-state index is 0.00912. The molecule has 152 valence electrons. The number of anilines is 1. The van der Waals surface area contributed by atoms with Gasteiger partial charge in [0.2, 0.25) is 0 Å². The smallest absolute Gasteiger partial charge is 0.253 e. The average Bonchev–Trinajstić information content (AvgIpc) is 3.01. The van der Waals surface area contributed by atoms with Gasteiger partial charge in [-0.15, -0.1) is 15.3 Å². The van der Waals surface area contributed by atoms with E-state index in [1.807, 2.05) is 23.6 Å². The molecule has 0 unspecified atom stereocenters. The van der Waals surface area contributed by atoms with Gasteiger partial charge in [-0.1, -0.05) is 6.42 Å². The molecule has 1 saturated heterocycles. The van der Waals surface area contributed by atoms with Gasteiger partial charge in [0.15, 0.2) is 11.5 Å². The van der Waals surface area contributed by atoms with Crippen molar-refractivity contribution >= 4 is 11.5 Å². The van der Waals surface area contributed by atoms with Gasteiger partial charge in [-0.05, 0) is 38.9 Å². The van der Waals surface area contributed by atoms with Crippen LogP contribution in [-0.4, -0.2) is 67.0 Å². The van der Waals surface area contributed by atoms with Crippen molar-refractivity contribution in [3.63, 3.8) is 0 Å². The third kappa shape index (κ3) is 3.39. The van der Waals surface area contributed by atoms with E-state index in [9.17, 15) is 4.79 Å². The molecule has 5 rings (SSSR count). The summed E-state index contributed by atoms with van der Waals surface area (Å²) in [7, 11) is 2.11. The van der Waals surface area contributed by atoms with Gasteiger partial charge in [-0.3, -0.25) is 14.3 Å². The summed E-state index contributed by atoms with van der Waals surface area (Å²) in [6, 6.07) is 6.07. The minimum Gasteiger partial charge on any atom is -0.352 e. The van der Waals surface area contributed by atoms with E-state index >= 15 is 0 Å². The molecule has 0 aromatic carbocycles. The molecule has 3 aromatic heterocycles. The van der Waals surface area contributed by atoms with Crippen molar-refractivity contribution in [1.29, 1.82) is 0 Å². The van der Waals surface area contributed by atoms with E-state index < -0.39 is 0 Å². The van der Waals surface area contributed by atoms with Crippen LogP contribution in [-0.2, 0) is 6.54 Å². The summed E-state index contributed by atoms with van der Waals surface area (Å²) < 4.78 is 3.59. The van der Waals surface area contributed by atoms with E-state index in [4.69, 9.17) is 5.10 Å². The lowest BCUT2D eigenvalue weighted by atomic mass is 9.85. The Morgan fingerprint density at radius 1 is 1.21 bits per heavy atom. The number of aryl methyl sites for hydroxylation is 1. The highest BCUT2D eigenvalue weighted by molar-refractivity contribution is 5.48. The molecule has 1 aliphatic heterocycles. The third-order valence-electron chi connectivity index (χ3n) is 6.26. The maximum atomic E-state index is 12.0. The molecule has 2 fully saturated rings. The van der Waals surface area contributed by atoms with Crippen molar-refractivity contribution in [2.24, 2.45) is 0 Å². The number of aromatic nitrogens is 6. The van der Waals surface area contributed by atoms with Crippen LogP contribution >= 0.6 is 0 Å². The molecule has 9 heteroatoms. The van der Waals surface area contributed by atoms with Crippen molar-refractivity contribution in [2.75, 3.05) is 31.6 Å². The van der Waals surface area contributed by atoms with Crippen molar-refractivity contribution in [1.82, 2.24) is 34.3 Å². The molecule has 0 spiro atoms. The Hall–Kier alpha value is -2.81. The Morgan fingerprint density at radius 3 is 2.76 bits per heavy atom. The van der Waals surface area contributed by atoms with Gasteiger partial charge in [0.1, 0.15) is 5.82 Å². The molecule has 4 heterocycles. The lowest BCUT2D eigenvalue weighted by Crippen LogP contribution is -2.59. The zero-order chi connectivity index (χ0) is 20.0. The predicted octanol–water partition coefficient (Wildman–Crippen LogP) is 1.08. The highest BCUT2D eigenvalue weighted by atomic mass is 16.1. The molecular formula is C20H26N8O. The molecule has 0 amide bonds. The molecule has 0 radical (unpaired) electrons. The molecule has 9 nitrogen and oxygen atoms in total. The second-order valence-electron chi connectivity index (χ2n) is 8.25. The molecule has 0 atom stereocenters. The average molecular weight is 394 g/mol. The summed E-state index contributed by atoms with van der Waals surface area (Å²) in [6.07, 6.45) is 5.27. The number of hydrogen-bond acceptors (Lipinski definition) is 7. The topological polar surface area (TPSA) is 84.5 Å². The monoisotopic (exact) mass is 394 g/mol. The first-order chi connectivity index (χ1) is 14.1. The van der Waals surface area contributed by atoms with Crippen molar-refractivity contribution < 1.29 is 0 Å². The number of likely N-dealkylation sites (N-methyl/N-ethyl adjacent to an activating group) is 1. The van der Waals surface area contributed by atoms with Gasteiger partial charge >= 0.3 is 0 Å². The van der Waals surface area contributed by atoms with E-state index in [2.05, 4.69) is 32.0 Å². The summed E-state index contributed by atoms with van der Waals surface area (Å²) in [5.74, 6) is 2.48. The fraction of sp³-hybridized carbons (Fsp3) is 0.550. The first-order valence-corrected chi connectivity index (χ1v) is 10.3. The SMILES string of the molecule is Cc1cc(=O)n(CCN(C)C2CN(c3ccc4nnc(C5CCC5)n4n3)C2)cn1. The molecule has 2 aliphatic rings. The summed E-state index contributed by atoms with van der Waals surface area (Å²) in [6.45, 7) is 5.15. The maximum Gasteiger partial charge on any atom is 0.253 e. The van der Waals surface area contributed by atoms with Crippen LogP contribution in [0.4, 0.5) is 5.82 Å². The van der Waals surface area contributed by atoms with Crippen LogP contribution in [0.2, 0.25) is 0 Å². The molecule has 1 aliphatic carbocycles. The largest absolute Gasteiger partial charge is 0.352 e. The predicted molar refractivity (Wildman–Crippen MR) is 109 cm³/mol. The van der Waals surface area contributed by atoms with Crippen molar-refractivity contribution in [3.05, 3.63) is 46.4 Å². The standard InChI is InChI=1S/C20H26N8O/c1-14-10-19(29)26(13-21-14)9-8-25(2)16-11-27(12-16)18-7-6-17-22-23-20(28(17)24-18)15-4-3-5-15/h6-7,10,13,15-16H,3-5,8-9,11-12H2,1-2H3. The molecule has 0 bridgehead atoms. The van der Waals surface area contributed by atoms with E-state index in [1.54, 1.807) is 17.0 Å². The fourth-order valence-electron chi connectivity index (χ4n) is 3.94. The van der Waals surface area contributed by atoms with Gasteiger partial charge in [0.25, 0.3) is 5.56 Å². The van der Waals surface area contributed by atoms with E-state index in [0.29, 0.717) is 18.5 Å². The van der Waals surface area contributed by atoms with Crippen LogP contribution in [0, 0.1) is 6.92 Å². The molecular weight excluding hydrogens is 368 g/mol. The highest BCUT2D eigenvalue weighted by Gasteiger charge is 2.32. The normalized spacial score (nSPS) is 17.7. The zero-order valence-electron chi connectivity index (χ0n) is 16.9. The molecule has 1 saturated carbocycles. The van der Waals surface area contributed by atoms with Gasteiger partial charge in [0.05, 0.1) is 6.33 Å². The van der Waals surface area contributed by atoms with Gasteiger partial charge in [-0.2, -0.15) is 4.52 Å². The van der Waals surface area contributed by atoms with E-state index in [-0.39, 0.29) is 5.56 Å². The van der Waals surface area contributed by atoms with Crippen LogP contribution in [0.1, 0.15) is 36.7 Å². The Balaban J connectivity index is 1.20. The van der Waals surface area contributed by atoms with Gasteiger partial charge in [0, 0.05) is 49.9 Å². The second kappa shape index (κ2) is 7.22. The number of nitrogens with zero attached hydrogens (tertiary/aromatic N) is 8. The first kappa shape index (κ1) is 18.2. The van der Waals surface area contributed by atoms with Gasteiger partial charge in [-0.25, -0.2) is 4.98 Å².